The summed E-state index contributed by atoms with van der Waals surface area (Å²) in [7, 11) is 0. The van der Waals surface area contributed by atoms with Crippen molar-refractivity contribution in [2.24, 2.45) is 0 Å². The van der Waals surface area contributed by atoms with E-state index in [9.17, 15) is 10.1 Å². The van der Waals surface area contributed by atoms with Crippen LogP contribution in [0, 0.1) is 10.1 Å². The fourth-order valence-corrected chi connectivity index (χ4v) is 1.58. The van der Waals surface area contributed by atoms with Crippen LogP contribution in [0.5, 0.6) is 0 Å². The molecule has 2 N–H and O–H groups in total. The Hall–Kier alpha value is -1.50. The van der Waals surface area contributed by atoms with Crippen LogP contribution in [0.25, 0.3) is 0 Å². The molecule has 6 heteroatoms. The predicted octanol–water partition coefficient (Wildman–Crippen LogP) is 0.381. The zero-order valence-corrected chi connectivity index (χ0v) is 9.45. The van der Waals surface area contributed by atoms with Gasteiger partial charge in [0.15, 0.2) is 0 Å². The molecule has 0 radical (unpaired) electrons. The highest BCUT2D eigenvalue weighted by Gasteiger charge is 2.09. The fourth-order valence-electron chi connectivity index (χ4n) is 1.58. The third-order valence-electron chi connectivity index (χ3n) is 2.36. The van der Waals surface area contributed by atoms with Gasteiger partial charge >= 0.3 is 0 Å². The van der Waals surface area contributed by atoms with E-state index < -0.39 is 4.92 Å². The number of rotatable bonds is 7. The summed E-state index contributed by atoms with van der Waals surface area (Å²) in [5, 5.41) is 28.3. The molecule has 0 spiro atoms. The Kier molecular flexibility index (Phi) is 5.55. The Morgan fingerprint density at radius 3 is 2.41 bits per heavy atom. The molecule has 1 rings (SSSR count). The summed E-state index contributed by atoms with van der Waals surface area (Å²) in [6.45, 7) is 1.33. The number of benzene rings is 1. The minimum absolute atomic E-state index is 0.00503. The van der Waals surface area contributed by atoms with Crippen molar-refractivity contribution in [2.75, 3.05) is 26.3 Å². The van der Waals surface area contributed by atoms with E-state index in [1.165, 1.54) is 12.1 Å². The molecule has 6 nitrogen and oxygen atoms in total. The highest BCUT2D eigenvalue weighted by atomic mass is 16.6. The first kappa shape index (κ1) is 13.6. The second-order valence-electron chi connectivity index (χ2n) is 3.65. The number of nitro groups is 1. The summed E-state index contributed by atoms with van der Waals surface area (Å²) in [4.78, 5) is 12.0. The molecule has 0 saturated heterocycles. The Bertz CT molecular complexity index is 364. The fraction of sp³-hybridized carbons (Fsp3) is 0.455. The van der Waals surface area contributed by atoms with Gasteiger partial charge in [-0.05, 0) is 5.56 Å². The van der Waals surface area contributed by atoms with E-state index in [0.29, 0.717) is 19.6 Å². The zero-order valence-electron chi connectivity index (χ0n) is 9.45. The lowest BCUT2D eigenvalue weighted by Crippen LogP contribution is -2.29. The summed E-state index contributed by atoms with van der Waals surface area (Å²) in [6.07, 6.45) is 0. The van der Waals surface area contributed by atoms with Crippen molar-refractivity contribution in [1.29, 1.82) is 0 Å². The minimum Gasteiger partial charge on any atom is -0.395 e. The first-order valence-electron chi connectivity index (χ1n) is 5.34. The second kappa shape index (κ2) is 6.95. The third kappa shape index (κ3) is 4.48. The molecular formula is C11H16N2O4. The number of nitrogens with zero attached hydrogens (tertiary/aromatic N) is 2. The van der Waals surface area contributed by atoms with E-state index in [0.717, 1.165) is 5.56 Å². The third-order valence-corrected chi connectivity index (χ3v) is 2.36. The highest BCUT2D eigenvalue weighted by molar-refractivity contribution is 5.34. The summed E-state index contributed by atoms with van der Waals surface area (Å²) >= 11 is 0. The highest BCUT2D eigenvalue weighted by Crippen LogP contribution is 2.14. The van der Waals surface area contributed by atoms with Crippen LogP contribution >= 0.6 is 0 Å². The first-order valence-corrected chi connectivity index (χ1v) is 5.34. The molecule has 0 saturated carbocycles. The normalized spacial score (nSPS) is 10.8. The Labute approximate surface area is 99.3 Å². The summed E-state index contributed by atoms with van der Waals surface area (Å²) in [5.41, 5.74) is 0.844. The van der Waals surface area contributed by atoms with Gasteiger partial charge in [0, 0.05) is 31.8 Å². The summed E-state index contributed by atoms with van der Waals surface area (Å²) in [6, 6.07) is 6.35. The minimum atomic E-state index is -0.439. The van der Waals surface area contributed by atoms with Gasteiger partial charge in [-0.1, -0.05) is 12.1 Å². The van der Waals surface area contributed by atoms with Crippen LogP contribution in [0.15, 0.2) is 24.3 Å². The molecule has 0 amide bonds. The molecule has 17 heavy (non-hydrogen) atoms. The number of hydrogen-bond acceptors (Lipinski definition) is 5. The quantitative estimate of drug-likeness (QED) is 0.531. The number of aliphatic hydroxyl groups is 2. The molecule has 0 aliphatic carbocycles. The standard InChI is InChI=1S/C11H16N2O4/c14-6-4-12(5-7-15)9-10-2-1-3-11(8-10)13(16)17/h1-3,8,14-15H,4-7,9H2. The lowest BCUT2D eigenvalue weighted by Gasteiger charge is -2.19. The van der Waals surface area contributed by atoms with Crippen LogP contribution in [-0.2, 0) is 6.54 Å². The molecule has 1 aromatic rings. The number of aliphatic hydroxyl groups excluding tert-OH is 2. The maximum atomic E-state index is 10.6. The molecule has 0 aromatic heterocycles. The van der Waals surface area contributed by atoms with Gasteiger partial charge in [-0.2, -0.15) is 0 Å². The van der Waals surface area contributed by atoms with Gasteiger partial charge in [0.25, 0.3) is 5.69 Å². The molecule has 0 unspecified atom stereocenters. The van der Waals surface area contributed by atoms with E-state index in [1.807, 2.05) is 4.90 Å². The van der Waals surface area contributed by atoms with Gasteiger partial charge in [-0.15, -0.1) is 0 Å². The van der Waals surface area contributed by atoms with Crippen LogP contribution in [-0.4, -0.2) is 46.3 Å². The molecule has 0 aliphatic heterocycles. The van der Waals surface area contributed by atoms with Crippen molar-refractivity contribution in [1.82, 2.24) is 4.90 Å². The van der Waals surface area contributed by atoms with Crippen LogP contribution in [0.3, 0.4) is 0 Å². The smallest absolute Gasteiger partial charge is 0.269 e. The van der Waals surface area contributed by atoms with E-state index in [-0.39, 0.29) is 18.9 Å². The van der Waals surface area contributed by atoms with Crippen molar-refractivity contribution in [3.8, 4) is 0 Å². The average Bonchev–Trinajstić information content (AvgIpc) is 2.30. The molecule has 0 bridgehead atoms. The maximum absolute atomic E-state index is 10.6. The lowest BCUT2D eigenvalue weighted by atomic mass is 10.2. The van der Waals surface area contributed by atoms with Crippen molar-refractivity contribution in [3.63, 3.8) is 0 Å². The summed E-state index contributed by atoms with van der Waals surface area (Å²) < 4.78 is 0. The van der Waals surface area contributed by atoms with E-state index in [4.69, 9.17) is 10.2 Å². The largest absolute Gasteiger partial charge is 0.395 e. The SMILES string of the molecule is O=[N+]([O-])c1cccc(CN(CCO)CCO)c1. The van der Waals surface area contributed by atoms with Gasteiger partial charge in [-0.25, -0.2) is 0 Å². The van der Waals surface area contributed by atoms with Crippen LogP contribution in [0.1, 0.15) is 5.56 Å². The topological polar surface area (TPSA) is 86.8 Å². The molecule has 1 aromatic carbocycles. The lowest BCUT2D eigenvalue weighted by molar-refractivity contribution is -0.384. The van der Waals surface area contributed by atoms with Gasteiger partial charge in [-0.3, -0.25) is 15.0 Å². The predicted molar refractivity (Wildman–Crippen MR) is 62.5 cm³/mol. The Balaban J connectivity index is 2.71. The van der Waals surface area contributed by atoms with Crippen LogP contribution in [0.2, 0.25) is 0 Å². The summed E-state index contributed by atoms with van der Waals surface area (Å²) in [5.74, 6) is 0. The number of nitro benzene ring substituents is 1. The Morgan fingerprint density at radius 1 is 1.24 bits per heavy atom. The van der Waals surface area contributed by atoms with Gasteiger partial charge in [0.1, 0.15) is 0 Å². The molecule has 0 aliphatic rings. The average molecular weight is 240 g/mol. The van der Waals surface area contributed by atoms with E-state index >= 15 is 0 Å². The molecule has 0 heterocycles. The number of non-ortho nitro benzene ring substituents is 1. The van der Waals surface area contributed by atoms with Crippen molar-refractivity contribution < 1.29 is 15.1 Å². The zero-order chi connectivity index (χ0) is 12.7. The van der Waals surface area contributed by atoms with Crippen LogP contribution < -0.4 is 0 Å². The Morgan fingerprint density at radius 2 is 1.88 bits per heavy atom. The molecule has 0 fully saturated rings. The van der Waals surface area contributed by atoms with Gasteiger partial charge in [0.2, 0.25) is 0 Å². The van der Waals surface area contributed by atoms with Crippen molar-refractivity contribution in [2.45, 2.75) is 6.54 Å². The van der Waals surface area contributed by atoms with Crippen LogP contribution in [0.4, 0.5) is 5.69 Å². The second-order valence-corrected chi connectivity index (χ2v) is 3.65. The molecule has 94 valence electrons. The monoisotopic (exact) mass is 240 g/mol. The van der Waals surface area contributed by atoms with Crippen molar-refractivity contribution >= 4 is 5.69 Å². The first-order chi connectivity index (χ1) is 8.17. The van der Waals surface area contributed by atoms with Gasteiger partial charge in [0.05, 0.1) is 18.1 Å². The van der Waals surface area contributed by atoms with E-state index in [1.54, 1.807) is 12.1 Å². The molecule has 0 atom stereocenters. The maximum Gasteiger partial charge on any atom is 0.269 e. The van der Waals surface area contributed by atoms with Gasteiger partial charge < -0.3 is 10.2 Å². The number of hydrogen-bond donors (Lipinski definition) is 2. The van der Waals surface area contributed by atoms with Crippen molar-refractivity contribution in [3.05, 3.63) is 39.9 Å². The van der Waals surface area contributed by atoms with E-state index in [2.05, 4.69) is 0 Å². The molecular weight excluding hydrogens is 224 g/mol.